The van der Waals surface area contributed by atoms with E-state index in [1.54, 1.807) is 0 Å². The summed E-state index contributed by atoms with van der Waals surface area (Å²) in [5.74, 6) is -0.497. The molecule has 1 rings (SSSR count). The molecule has 1 amide bonds. The second-order valence-corrected chi connectivity index (χ2v) is 5.10. The summed E-state index contributed by atoms with van der Waals surface area (Å²) in [5, 5.41) is 14.2. The minimum absolute atomic E-state index is 0.0220. The molecule has 0 bridgehead atoms. The van der Waals surface area contributed by atoms with Gasteiger partial charge in [0, 0.05) is 17.9 Å². The number of carbonyl (C=O) groups is 1. The summed E-state index contributed by atoms with van der Waals surface area (Å²) in [4.78, 5) is 24.3. The van der Waals surface area contributed by atoms with E-state index in [9.17, 15) is 14.9 Å². The Morgan fingerprint density at radius 3 is 2.53 bits per heavy atom. The molecule has 1 heterocycles. The normalized spacial score (nSPS) is 11.3. The summed E-state index contributed by atoms with van der Waals surface area (Å²) < 4.78 is 0. The zero-order chi connectivity index (χ0) is 14.5. The van der Waals surface area contributed by atoms with Crippen LogP contribution in [0.1, 0.15) is 37.2 Å². The third-order valence-corrected chi connectivity index (χ3v) is 4.71. The first kappa shape index (κ1) is 15.7. The molecule has 6 nitrogen and oxygen atoms in total. The van der Waals surface area contributed by atoms with Gasteiger partial charge in [-0.05, 0) is 29.2 Å². The number of hydrogen-bond donors (Lipinski definition) is 2. The van der Waals surface area contributed by atoms with Crippen molar-refractivity contribution in [1.29, 1.82) is 0 Å². The van der Waals surface area contributed by atoms with Gasteiger partial charge in [0.1, 0.15) is 0 Å². The Kier molecular flexibility index (Phi) is 5.53. The Bertz CT molecular complexity index is 447. The van der Waals surface area contributed by atoms with Crippen molar-refractivity contribution in [2.75, 3.05) is 11.9 Å². The van der Waals surface area contributed by atoms with Crippen molar-refractivity contribution in [3.63, 3.8) is 0 Å². The molecular formula is C12H18BrN3O3. The average molecular weight is 332 g/mol. The second kappa shape index (κ2) is 6.70. The lowest BCUT2D eigenvalue weighted by atomic mass is 9.84. The zero-order valence-electron chi connectivity index (χ0n) is 11.0. The minimum atomic E-state index is -0.558. The summed E-state index contributed by atoms with van der Waals surface area (Å²) in [6, 6.07) is 2.70. The van der Waals surface area contributed by atoms with Gasteiger partial charge in [0.2, 0.25) is 0 Å². The number of aromatic nitrogens is 1. The number of amides is 1. The van der Waals surface area contributed by atoms with Gasteiger partial charge in [-0.3, -0.25) is 4.79 Å². The molecule has 0 aliphatic heterocycles. The number of nitrogens with zero attached hydrogens (tertiary/aromatic N) is 1. The first-order valence-electron chi connectivity index (χ1n) is 6.15. The van der Waals surface area contributed by atoms with Crippen LogP contribution in [0, 0.1) is 15.5 Å². The Labute approximate surface area is 120 Å². The van der Waals surface area contributed by atoms with Crippen LogP contribution in [-0.4, -0.2) is 27.7 Å². The number of halogens is 1. The quantitative estimate of drug-likeness (QED) is 0.457. The summed E-state index contributed by atoms with van der Waals surface area (Å²) in [6.45, 7) is 4.70. The molecule has 2 N–H and O–H groups in total. The van der Waals surface area contributed by atoms with E-state index < -0.39 is 4.92 Å². The van der Waals surface area contributed by atoms with Crippen LogP contribution in [0.2, 0.25) is 0 Å². The molecule has 1 aromatic rings. The Morgan fingerprint density at radius 1 is 1.47 bits per heavy atom. The number of alkyl halides is 1. The number of nitrogens with one attached hydrogen (secondary N) is 2. The van der Waals surface area contributed by atoms with Crippen molar-refractivity contribution in [2.24, 2.45) is 5.41 Å². The molecule has 0 saturated carbocycles. The standard InChI is InChI=1S/C12H18BrN3O3/c1-3-12(4-2,7-13)8-14-11(17)9-5-6-10(15-9)16(18)19/h5-6,15H,3-4,7-8H2,1-2H3,(H,14,17). The lowest BCUT2D eigenvalue weighted by Gasteiger charge is -2.29. The smallest absolute Gasteiger partial charge is 0.321 e. The molecule has 0 fully saturated rings. The Morgan fingerprint density at radius 2 is 2.11 bits per heavy atom. The van der Waals surface area contributed by atoms with E-state index in [1.807, 2.05) is 0 Å². The van der Waals surface area contributed by atoms with Crippen molar-refractivity contribution in [1.82, 2.24) is 10.3 Å². The number of nitro groups is 1. The van der Waals surface area contributed by atoms with Crippen LogP contribution in [0.5, 0.6) is 0 Å². The van der Waals surface area contributed by atoms with Gasteiger partial charge in [-0.25, -0.2) is 4.98 Å². The van der Waals surface area contributed by atoms with Crippen molar-refractivity contribution in [2.45, 2.75) is 26.7 Å². The van der Waals surface area contributed by atoms with E-state index >= 15 is 0 Å². The van der Waals surface area contributed by atoms with Gasteiger partial charge in [-0.2, -0.15) is 0 Å². The van der Waals surface area contributed by atoms with Gasteiger partial charge in [-0.1, -0.05) is 29.8 Å². The monoisotopic (exact) mass is 331 g/mol. The third-order valence-electron chi connectivity index (χ3n) is 3.52. The SMILES string of the molecule is CCC(CC)(CBr)CNC(=O)c1ccc([N+](=O)[O-])[nH]1. The summed E-state index contributed by atoms with van der Waals surface area (Å²) in [6.07, 6.45) is 1.89. The zero-order valence-corrected chi connectivity index (χ0v) is 12.6. The van der Waals surface area contributed by atoms with Crippen LogP contribution in [0.15, 0.2) is 12.1 Å². The van der Waals surface area contributed by atoms with Crippen LogP contribution in [-0.2, 0) is 0 Å². The molecule has 0 aromatic carbocycles. The highest BCUT2D eigenvalue weighted by atomic mass is 79.9. The molecule has 0 radical (unpaired) electrons. The van der Waals surface area contributed by atoms with Crippen molar-refractivity contribution in [3.05, 3.63) is 27.9 Å². The third kappa shape index (κ3) is 3.79. The highest BCUT2D eigenvalue weighted by Crippen LogP contribution is 2.27. The largest absolute Gasteiger partial charge is 0.358 e. The van der Waals surface area contributed by atoms with E-state index in [-0.39, 0.29) is 22.8 Å². The van der Waals surface area contributed by atoms with E-state index in [2.05, 4.69) is 40.1 Å². The molecular weight excluding hydrogens is 314 g/mol. The van der Waals surface area contributed by atoms with Crippen molar-refractivity contribution >= 4 is 27.7 Å². The van der Waals surface area contributed by atoms with Gasteiger partial charge in [0.25, 0.3) is 5.91 Å². The van der Waals surface area contributed by atoms with Crippen LogP contribution in [0.25, 0.3) is 0 Å². The van der Waals surface area contributed by atoms with Gasteiger partial charge < -0.3 is 15.4 Å². The molecule has 0 aliphatic carbocycles. The maximum absolute atomic E-state index is 11.9. The van der Waals surface area contributed by atoms with Crippen molar-refractivity contribution < 1.29 is 9.72 Å². The minimum Gasteiger partial charge on any atom is -0.358 e. The van der Waals surface area contributed by atoms with Crippen LogP contribution >= 0.6 is 15.9 Å². The van der Waals surface area contributed by atoms with Gasteiger partial charge >= 0.3 is 5.82 Å². The molecule has 0 saturated heterocycles. The van der Waals surface area contributed by atoms with E-state index in [4.69, 9.17) is 0 Å². The number of carbonyl (C=O) groups excluding carboxylic acids is 1. The van der Waals surface area contributed by atoms with Crippen LogP contribution in [0.3, 0.4) is 0 Å². The maximum Gasteiger partial charge on any atom is 0.321 e. The van der Waals surface area contributed by atoms with Crippen molar-refractivity contribution in [3.8, 4) is 0 Å². The highest BCUT2D eigenvalue weighted by molar-refractivity contribution is 9.09. The predicted octanol–water partition coefficient (Wildman–Crippen LogP) is 2.85. The first-order valence-corrected chi connectivity index (χ1v) is 7.27. The fourth-order valence-corrected chi connectivity index (χ4v) is 2.71. The molecule has 7 heteroatoms. The van der Waals surface area contributed by atoms with Gasteiger partial charge in [0.15, 0.2) is 5.69 Å². The fraction of sp³-hybridized carbons (Fsp3) is 0.583. The maximum atomic E-state index is 11.9. The second-order valence-electron chi connectivity index (χ2n) is 4.54. The summed E-state index contributed by atoms with van der Waals surface area (Å²) in [7, 11) is 0. The molecule has 0 atom stereocenters. The lowest BCUT2D eigenvalue weighted by molar-refractivity contribution is -0.389. The van der Waals surface area contributed by atoms with E-state index in [0.717, 1.165) is 18.2 Å². The highest BCUT2D eigenvalue weighted by Gasteiger charge is 2.26. The fourth-order valence-electron chi connectivity index (χ4n) is 1.72. The topological polar surface area (TPSA) is 88.0 Å². The predicted molar refractivity (Wildman–Crippen MR) is 76.6 cm³/mol. The Hall–Kier alpha value is -1.37. The molecule has 0 unspecified atom stereocenters. The van der Waals surface area contributed by atoms with E-state index in [1.165, 1.54) is 12.1 Å². The number of hydrogen-bond acceptors (Lipinski definition) is 3. The van der Waals surface area contributed by atoms with Gasteiger partial charge in [-0.15, -0.1) is 0 Å². The van der Waals surface area contributed by atoms with E-state index in [0.29, 0.717) is 6.54 Å². The Balaban J connectivity index is 2.66. The average Bonchev–Trinajstić information content (AvgIpc) is 2.90. The van der Waals surface area contributed by atoms with Crippen LogP contribution in [0.4, 0.5) is 5.82 Å². The molecule has 0 spiro atoms. The summed E-state index contributed by atoms with van der Waals surface area (Å²) >= 11 is 3.47. The van der Waals surface area contributed by atoms with Crippen LogP contribution < -0.4 is 5.32 Å². The lowest BCUT2D eigenvalue weighted by Crippen LogP contribution is -2.38. The number of rotatable bonds is 7. The number of aromatic amines is 1. The number of H-pyrrole nitrogens is 1. The van der Waals surface area contributed by atoms with Gasteiger partial charge in [0.05, 0.1) is 0 Å². The first-order chi connectivity index (χ1) is 8.98. The molecule has 19 heavy (non-hydrogen) atoms. The molecule has 0 aliphatic rings. The summed E-state index contributed by atoms with van der Waals surface area (Å²) in [5.41, 5.74) is 0.233. The molecule has 1 aromatic heterocycles. The molecule has 106 valence electrons.